The maximum absolute atomic E-state index is 10.9. The van der Waals surface area contributed by atoms with Crippen LogP contribution in [0.2, 0.25) is 5.02 Å². The molecular weight excluding hydrogens is 248 g/mol. The molecule has 1 aromatic carbocycles. The predicted molar refractivity (Wildman–Crippen MR) is 64.5 cm³/mol. The molecule has 7 heteroatoms. The van der Waals surface area contributed by atoms with E-state index in [2.05, 4.69) is 0 Å². The van der Waals surface area contributed by atoms with Crippen molar-refractivity contribution >= 4 is 23.0 Å². The van der Waals surface area contributed by atoms with Crippen LogP contribution < -0.4 is 4.90 Å². The number of nitro groups is 1. The number of benzene rings is 1. The lowest BCUT2D eigenvalue weighted by molar-refractivity contribution is -0.384. The number of nitro benzene ring substituents is 1. The quantitative estimate of drug-likeness (QED) is 0.589. The Balaban J connectivity index is 3.19. The molecule has 0 amide bonds. The van der Waals surface area contributed by atoms with Gasteiger partial charge in [-0.1, -0.05) is 17.7 Å². The first-order chi connectivity index (χ1) is 8.11. The summed E-state index contributed by atoms with van der Waals surface area (Å²) >= 11 is 5.93. The van der Waals surface area contributed by atoms with E-state index in [9.17, 15) is 10.1 Å². The molecule has 0 unspecified atom stereocenters. The smallest absolute Gasteiger partial charge is 0.294 e. The van der Waals surface area contributed by atoms with Crippen LogP contribution in [0.5, 0.6) is 0 Å². The number of hydrogen-bond acceptors (Lipinski definition) is 5. The third kappa shape index (κ3) is 3.29. The summed E-state index contributed by atoms with van der Waals surface area (Å²) < 4.78 is 0. The Morgan fingerprint density at radius 3 is 2.35 bits per heavy atom. The highest BCUT2D eigenvalue weighted by Crippen LogP contribution is 2.34. The highest BCUT2D eigenvalue weighted by atomic mass is 35.5. The minimum atomic E-state index is -0.539. The molecule has 0 heterocycles. The summed E-state index contributed by atoms with van der Waals surface area (Å²) in [4.78, 5) is 11.8. The minimum absolute atomic E-state index is 0.139. The van der Waals surface area contributed by atoms with E-state index in [4.69, 9.17) is 21.8 Å². The van der Waals surface area contributed by atoms with Gasteiger partial charge in [-0.3, -0.25) is 10.1 Å². The molecule has 94 valence electrons. The molecule has 1 rings (SSSR count). The average Bonchev–Trinajstić information content (AvgIpc) is 2.28. The van der Waals surface area contributed by atoms with Crippen molar-refractivity contribution in [3.05, 3.63) is 33.3 Å². The van der Waals surface area contributed by atoms with Crippen molar-refractivity contribution in [1.82, 2.24) is 0 Å². The number of para-hydroxylation sites is 1. The maximum Gasteiger partial charge on any atom is 0.294 e. The Kier molecular flexibility index (Phi) is 5.14. The number of rotatable bonds is 6. The lowest BCUT2D eigenvalue weighted by atomic mass is 10.2. The Bertz CT molecular complexity index is 394. The molecule has 0 atom stereocenters. The van der Waals surface area contributed by atoms with E-state index in [1.807, 2.05) is 0 Å². The molecule has 6 nitrogen and oxygen atoms in total. The zero-order valence-electron chi connectivity index (χ0n) is 9.04. The fourth-order valence-electron chi connectivity index (χ4n) is 1.54. The van der Waals surface area contributed by atoms with Gasteiger partial charge in [-0.25, -0.2) is 0 Å². The molecule has 0 aliphatic heterocycles. The lowest BCUT2D eigenvalue weighted by Gasteiger charge is -2.23. The number of halogens is 1. The van der Waals surface area contributed by atoms with Crippen molar-refractivity contribution in [1.29, 1.82) is 0 Å². The highest BCUT2D eigenvalue weighted by Gasteiger charge is 2.21. The van der Waals surface area contributed by atoms with E-state index in [0.717, 1.165) is 0 Å². The molecule has 0 bridgehead atoms. The van der Waals surface area contributed by atoms with E-state index in [1.54, 1.807) is 0 Å². The fraction of sp³-hybridized carbons (Fsp3) is 0.400. The molecule has 0 saturated heterocycles. The summed E-state index contributed by atoms with van der Waals surface area (Å²) in [5.41, 5.74) is 0.0849. The number of anilines is 1. The van der Waals surface area contributed by atoms with Crippen molar-refractivity contribution < 1.29 is 15.1 Å². The van der Waals surface area contributed by atoms with Gasteiger partial charge in [0, 0.05) is 19.2 Å². The first kappa shape index (κ1) is 13.7. The van der Waals surface area contributed by atoms with Crippen LogP contribution in [0.1, 0.15) is 0 Å². The molecule has 1 aromatic rings. The van der Waals surface area contributed by atoms with Gasteiger partial charge >= 0.3 is 0 Å². The normalized spacial score (nSPS) is 10.3. The van der Waals surface area contributed by atoms with Crippen LogP contribution in [-0.2, 0) is 0 Å². The molecular formula is C10H13ClN2O4. The third-order valence-corrected chi connectivity index (χ3v) is 2.52. The second-order valence-corrected chi connectivity index (χ2v) is 3.71. The first-order valence-corrected chi connectivity index (χ1v) is 5.39. The summed E-state index contributed by atoms with van der Waals surface area (Å²) in [7, 11) is 0. The molecule has 0 aliphatic carbocycles. The van der Waals surface area contributed by atoms with Gasteiger partial charge < -0.3 is 15.1 Å². The van der Waals surface area contributed by atoms with Crippen molar-refractivity contribution in [2.45, 2.75) is 0 Å². The summed E-state index contributed by atoms with van der Waals surface area (Å²) in [5.74, 6) is 0. The van der Waals surface area contributed by atoms with Gasteiger partial charge in [0.25, 0.3) is 5.69 Å². The van der Waals surface area contributed by atoms with Gasteiger partial charge in [0.15, 0.2) is 0 Å². The Morgan fingerprint density at radius 1 is 1.29 bits per heavy atom. The third-order valence-electron chi connectivity index (χ3n) is 2.22. The van der Waals surface area contributed by atoms with Gasteiger partial charge in [-0.2, -0.15) is 0 Å². The molecule has 0 aromatic heterocycles. The van der Waals surface area contributed by atoms with E-state index < -0.39 is 4.92 Å². The Morgan fingerprint density at radius 2 is 1.88 bits per heavy atom. The zero-order chi connectivity index (χ0) is 12.8. The van der Waals surface area contributed by atoms with Crippen molar-refractivity contribution in [2.75, 3.05) is 31.2 Å². The second-order valence-electron chi connectivity index (χ2n) is 3.30. The summed E-state index contributed by atoms with van der Waals surface area (Å²) in [5, 5.41) is 28.9. The van der Waals surface area contributed by atoms with Gasteiger partial charge in [-0.05, 0) is 6.07 Å². The monoisotopic (exact) mass is 260 g/mol. The SMILES string of the molecule is O=[N+]([O-])c1cccc(Cl)c1N(CCO)CCO. The van der Waals surface area contributed by atoms with Crippen molar-refractivity contribution in [2.24, 2.45) is 0 Å². The first-order valence-electron chi connectivity index (χ1n) is 5.01. The molecule has 17 heavy (non-hydrogen) atoms. The van der Waals surface area contributed by atoms with Crippen molar-refractivity contribution in [3.8, 4) is 0 Å². The van der Waals surface area contributed by atoms with E-state index in [1.165, 1.54) is 23.1 Å². The standard InChI is InChI=1S/C10H13ClN2O4/c11-8-2-1-3-9(13(16)17)10(8)12(4-6-14)5-7-15/h1-3,14-15H,4-7H2. The van der Waals surface area contributed by atoms with E-state index >= 15 is 0 Å². The van der Waals surface area contributed by atoms with Crippen LogP contribution in [0, 0.1) is 10.1 Å². The molecule has 0 radical (unpaired) electrons. The lowest BCUT2D eigenvalue weighted by Crippen LogP contribution is -2.30. The van der Waals surface area contributed by atoms with E-state index in [0.29, 0.717) is 0 Å². The summed E-state index contributed by atoms with van der Waals surface area (Å²) in [6, 6.07) is 4.36. The van der Waals surface area contributed by atoms with Crippen LogP contribution in [0.3, 0.4) is 0 Å². The highest BCUT2D eigenvalue weighted by molar-refractivity contribution is 6.33. The minimum Gasteiger partial charge on any atom is -0.395 e. The zero-order valence-corrected chi connectivity index (χ0v) is 9.80. The van der Waals surface area contributed by atoms with Crippen molar-refractivity contribution in [3.63, 3.8) is 0 Å². The topological polar surface area (TPSA) is 86.8 Å². The number of aliphatic hydroxyl groups excluding tert-OH is 2. The maximum atomic E-state index is 10.9. The van der Waals surface area contributed by atoms with E-state index in [-0.39, 0.29) is 42.7 Å². The second kappa shape index (κ2) is 6.39. The number of aliphatic hydroxyl groups is 2. The Labute approximate surface area is 103 Å². The van der Waals surface area contributed by atoms with Gasteiger partial charge in [-0.15, -0.1) is 0 Å². The van der Waals surface area contributed by atoms with Crippen LogP contribution in [0.25, 0.3) is 0 Å². The van der Waals surface area contributed by atoms with Gasteiger partial charge in [0.1, 0.15) is 5.69 Å². The summed E-state index contributed by atoms with van der Waals surface area (Å²) in [6.45, 7) is -0.0129. The molecule has 2 N–H and O–H groups in total. The van der Waals surface area contributed by atoms with Crippen LogP contribution >= 0.6 is 11.6 Å². The van der Waals surface area contributed by atoms with Crippen LogP contribution in [0.4, 0.5) is 11.4 Å². The van der Waals surface area contributed by atoms with Crippen LogP contribution in [-0.4, -0.2) is 41.4 Å². The number of hydrogen-bond donors (Lipinski definition) is 2. The Hall–Kier alpha value is -1.37. The number of nitrogens with zero attached hydrogens (tertiary/aromatic N) is 2. The largest absolute Gasteiger partial charge is 0.395 e. The molecule has 0 saturated carbocycles. The molecule has 0 fully saturated rings. The fourth-order valence-corrected chi connectivity index (χ4v) is 1.83. The van der Waals surface area contributed by atoms with Gasteiger partial charge in [0.2, 0.25) is 0 Å². The van der Waals surface area contributed by atoms with Gasteiger partial charge in [0.05, 0.1) is 23.2 Å². The molecule has 0 aliphatic rings. The summed E-state index contributed by atoms with van der Waals surface area (Å²) in [6.07, 6.45) is 0. The molecule has 0 spiro atoms. The average molecular weight is 261 g/mol. The predicted octanol–water partition coefficient (Wildman–Crippen LogP) is 1.04. The van der Waals surface area contributed by atoms with Crippen LogP contribution in [0.15, 0.2) is 18.2 Å².